The van der Waals surface area contributed by atoms with Crippen molar-refractivity contribution >= 4 is 114 Å². The lowest BCUT2D eigenvalue weighted by molar-refractivity contribution is 0.0327. The highest BCUT2D eigenvalue weighted by atomic mass is 32.1. The largest absolute Gasteiger partial charge is 0.463 e. The average molecular weight is 1940 g/mol. The molecular weight excluding hydrogens is 1820 g/mol. The van der Waals surface area contributed by atoms with Crippen molar-refractivity contribution in [2.75, 3.05) is 150 Å². The number of H-pyrrole nitrogens is 1. The highest BCUT2D eigenvalue weighted by Gasteiger charge is 2.40. The molecule has 28 nitrogen and oxygen atoms in total. The van der Waals surface area contributed by atoms with Gasteiger partial charge in [-0.25, -0.2) is 29.3 Å². The average Bonchev–Trinajstić information content (AvgIpc) is 1.76. The fourth-order valence-corrected chi connectivity index (χ4v) is 21.4. The Morgan fingerprint density at radius 2 is 1.27 bits per heavy atom. The van der Waals surface area contributed by atoms with Crippen LogP contribution in [0.1, 0.15) is 165 Å². The molecule has 14 heterocycles. The van der Waals surface area contributed by atoms with Crippen LogP contribution in [0.15, 0.2) is 241 Å². The van der Waals surface area contributed by atoms with Crippen LogP contribution in [0, 0.1) is 13.8 Å². The standard InChI is InChI=1S/C27H33N5O.C23H24N2O2S.C22H27N5O2.C19H24N4OS2.C16H12N4O2S/c33-26(29-21-27(14-6-2-7-15-27)31-17-8-3-9-18-31)24-20-32(23-12-4-1-5-13-23)30-25(24)22-11-10-16-28-19-22;26-20(12-7-13-25-14-16-27-17-15-25)22-21(18-8-3-1-4-9-18)24-23(28-22)19-10-5-2-6-11-19;1-15-18(16(2)26-25-15)9-10-23-22(28)19-7-8-20(17-5-3-4-6-17)24-21(19)27-11-13-29-14-12-27;25-18(20-15-7-3-1-4-8-15)16-17(22-11-13-24-14-12-22)21-19(26-16)23-9-5-2-6-10-23;21-15(18-16-17-7-9-23-16)13-10-12(14-6-3-8-22-14)19-20(13)11-4-1-2-5-11/h1,4-5,10-13,16,19-20H,2-3,6-9,14-15,17-18,21H2,(H,29,33);1-6,8-11H,7,12-17H2;3,5-8H,4,9-14H2,1-2H3,(H,23,28)(H,25,26);1,3-4,7-8H,2,5-6,9-14H2,(H,20,25);1-4,6-10H,5H2,(H,17,18,21). The number of nitrogens with zero attached hydrogens (tertiary/aromatic N) is 15. The number of aromatic nitrogens is 11. The number of ketones is 1. The highest BCUT2D eigenvalue weighted by Crippen LogP contribution is 2.40. The quantitative estimate of drug-likeness (QED) is 0.0236. The third kappa shape index (κ3) is 25.8. The fourth-order valence-electron chi connectivity index (χ4n) is 18.4. The van der Waals surface area contributed by atoms with Gasteiger partial charge in [0.1, 0.15) is 37.8 Å². The molecule has 0 unspecified atom stereocenters. The molecule has 5 aliphatic heterocycles. The number of carbonyl (C=O) groups is 4. The number of Topliss-reactive ketones (excluding diaryl/α,β-unsaturated/α-hetero) is 1. The van der Waals surface area contributed by atoms with Crippen LogP contribution in [0.4, 0.5) is 27.6 Å². The SMILES string of the molecule is Cc1n[nH]c(C)c1CCNC(=O)c1ccc(C2=CCC=C2)nc1N1CCOCC1.O=C(CCCN1CCOCC1)c1sc(-c2ccccc2)nc1-c1ccccc1.O=C(NCC1(N2CCCCC2)CCCCC1)c1cn(-c2ccccc2)nc1-c1cccnc1.O=C(Nc1nccs1)c1cc(-c2ccco2)nn1C1=CC=CC1.S=C(Nc1ccccc1)c1sc(N2CCCCC2)nc1N1CCOCC1. The van der Waals surface area contributed by atoms with E-state index in [9.17, 15) is 19.2 Å². The van der Waals surface area contributed by atoms with Crippen molar-refractivity contribution in [2.24, 2.45) is 0 Å². The molecule has 32 heteroatoms. The molecule has 9 aromatic heterocycles. The highest BCUT2D eigenvalue weighted by molar-refractivity contribution is 7.81. The van der Waals surface area contributed by atoms with Crippen molar-refractivity contribution < 1.29 is 37.8 Å². The first-order chi connectivity index (χ1) is 68.3. The molecule has 139 heavy (non-hydrogen) atoms. The summed E-state index contributed by atoms with van der Waals surface area (Å²) in [5.41, 5.74) is 14.8. The first-order valence-corrected chi connectivity index (χ1v) is 51.4. The molecule has 6 fully saturated rings. The van der Waals surface area contributed by atoms with E-state index in [4.69, 9.17) is 50.9 Å². The van der Waals surface area contributed by atoms with Crippen LogP contribution in [-0.2, 0) is 20.6 Å². The van der Waals surface area contributed by atoms with E-state index in [2.05, 4.69) is 89.3 Å². The molecule has 21 rings (SSSR count). The summed E-state index contributed by atoms with van der Waals surface area (Å²) in [6, 6.07) is 53.1. The van der Waals surface area contributed by atoms with Crippen molar-refractivity contribution in [1.29, 1.82) is 0 Å². The predicted molar refractivity (Wildman–Crippen MR) is 558 cm³/mol. The summed E-state index contributed by atoms with van der Waals surface area (Å²) in [5, 5.41) is 33.4. The van der Waals surface area contributed by atoms with Crippen LogP contribution in [-0.4, -0.2) is 223 Å². The number of carbonyl (C=O) groups excluding carboxylic acids is 4. The summed E-state index contributed by atoms with van der Waals surface area (Å²) in [6.07, 6.45) is 38.5. The van der Waals surface area contributed by atoms with Gasteiger partial charge < -0.3 is 49.3 Å². The van der Waals surface area contributed by atoms with Gasteiger partial charge >= 0.3 is 0 Å². The Morgan fingerprint density at radius 3 is 1.92 bits per heavy atom. The molecule has 0 spiro atoms. The number of amides is 3. The van der Waals surface area contributed by atoms with Crippen LogP contribution in [0.5, 0.6) is 0 Å². The number of furan rings is 1. The second kappa shape index (κ2) is 49.1. The number of aromatic amines is 1. The molecule has 5 saturated heterocycles. The van der Waals surface area contributed by atoms with E-state index in [0.717, 1.165) is 228 Å². The second-order valence-electron chi connectivity index (χ2n) is 35.2. The van der Waals surface area contributed by atoms with Crippen LogP contribution in [0.25, 0.3) is 61.5 Å². The number of allylic oxidation sites excluding steroid dienone is 8. The number of piperidine rings is 2. The molecule has 0 bridgehead atoms. The zero-order valence-corrected chi connectivity index (χ0v) is 82.1. The molecule has 0 atom stereocenters. The molecule has 5 N–H and O–H groups in total. The van der Waals surface area contributed by atoms with E-state index in [1.54, 1.807) is 57.7 Å². The van der Waals surface area contributed by atoms with Crippen molar-refractivity contribution in [3.05, 3.63) is 286 Å². The molecule has 1 saturated carbocycles. The van der Waals surface area contributed by atoms with Crippen LogP contribution < -0.4 is 36.0 Å². The van der Waals surface area contributed by atoms with E-state index < -0.39 is 0 Å². The third-order valence-corrected chi connectivity index (χ3v) is 29.2. The minimum Gasteiger partial charge on any atom is -0.463 e. The smallest absolute Gasteiger partial charge is 0.276 e. The molecule has 0 radical (unpaired) electrons. The first kappa shape index (κ1) is 97.7. The Bertz CT molecular complexity index is 6280. The molecule has 3 aliphatic carbocycles. The lowest BCUT2D eigenvalue weighted by Crippen LogP contribution is -2.58. The summed E-state index contributed by atoms with van der Waals surface area (Å²) >= 11 is 10.4. The number of hydrogen-bond donors (Lipinski definition) is 5. The molecule has 8 aliphatic rings. The summed E-state index contributed by atoms with van der Waals surface area (Å²) in [7, 11) is 0. The van der Waals surface area contributed by atoms with Gasteiger partial charge in [0.05, 0.1) is 84.7 Å². The number of ether oxygens (including phenoxy) is 3. The number of pyridine rings is 2. The Kier molecular flexibility index (Phi) is 34.5. The number of benzene rings is 4. The number of rotatable bonds is 27. The monoisotopic (exact) mass is 1940 g/mol. The summed E-state index contributed by atoms with van der Waals surface area (Å²) < 4.78 is 25.2. The number of likely N-dealkylation sites (tertiary alicyclic amines) is 1. The van der Waals surface area contributed by atoms with Gasteiger partial charge in [-0.1, -0.05) is 177 Å². The van der Waals surface area contributed by atoms with E-state index in [0.29, 0.717) is 71.8 Å². The Labute approximate surface area is 829 Å². The minimum atomic E-state index is -0.252. The Balaban J connectivity index is 0.000000121. The molecule has 4 aromatic carbocycles. The molecular formula is C107H120N20O8S4. The number of morpholine rings is 3. The van der Waals surface area contributed by atoms with E-state index in [1.165, 1.54) is 93.3 Å². The van der Waals surface area contributed by atoms with Gasteiger partial charge in [0, 0.05) is 154 Å². The van der Waals surface area contributed by atoms with Gasteiger partial charge in [0.15, 0.2) is 27.6 Å². The molecule has 13 aromatic rings. The maximum atomic E-state index is 13.5. The van der Waals surface area contributed by atoms with Crippen LogP contribution in [0.2, 0.25) is 0 Å². The lowest BCUT2D eigenvalue weighted by Gasteiger charge is -2.48. The van der Waals surface area contributed by atoms with E-state index >= 15 is 0 Å². The van der Waals surface area contributed by atoms with E-state index in [-0.39, 0.29) is 29.0 Å². The van der Waals surface area contributed by atoms with Gasteiger partial charge in [-0.05, 0) is 176 Å². The predicted octanol–water partition coefficient (Wildman–Crippen LogP) is 19.6. The Hall–Kier alpha value is -12.9. The summed E-state index contributed by atoms with van der Waals surface area (Å²) in [4.78, 5) is 89.7. The van der Waals surface area contributed by atoms with Crippen molar-refractivity contribution in [3.8, 4) is 50.2 Å². The van der Waals surface area contributed by atoms with E-state index in [1.807, 2.05) is 195 Å². The molecule has 720 valence electrons. The van der Waals surface area contributed by atoms with Crippen LogP contribution in [0.3, 0.4) is 0 Å². The number of anilines is 5. The zero-order chi connectivity index (χ0) is 95.3. The van der Waals surface area contributed by atoms with Crippen molar-refractivity contribution in [3.63, 3.8) is 0 Å². The fraction of sp³-hybridized carbons (Fsp3) is 0.355. The number of para-hydroxylation sites is 2. The van der Waals surface area contributed by atoms with Gasteiger partial charge in [-0.3, -0.25) is 44.4 Å². The second-order valence-corrected chi connectivity index (χ2v) is 38.5. The number of thiazole rings is 3. The van der Waals surface area contributed by atoms with Gasteiger partial charge in [0.25, 0.3) is 17.7 Å². The molecule has 3 amide bonds. The summed E-state index contributed by atoms with van der Waals surface area (Å²) in [6.45, 7) is 20.2. The minimum absolute atomic E-state index is 0.0574. The zero-order valence-electron chi connectivity index (χ0n) is 78.9. The van der Waals surface area contributed by atoms with Gasteiger partial charge in [-0.2, -0.15) is 15.3 Å². The van der Waals surface area contributed by atoms with Gasteiger partial charge in [-0.15, -0.1) is 22.7 Å². The topological polar surface area (TPSA) is 302 Å². The number of thiocarbonyl (C=S) groups is 1. The number of aryl methyl sites for hydroxylation is 2. The lowest BCUT2D eigenvalue weighted by atomic mass is 9.79. The summed E-state index contributed by atoms with van der Waals surface area (Å²) in [5.74, 6) is 2.15. The normalized spacial score (nSPS) is 16.4. The Morgan fingerprint density at radius 1 is 0.590 bits per heavy atom. The van der Waals surface area contributed by atoms with Crippen molar-refractivity contribution in [2.45, 2.75) is 122 Å². The maximum Gasteiger partial charge on any atom is 0.276 e. The number of nitrogens with one attached hydrogen (secondary N) is 5. The first-order valence-electron chi connectivity index (χ1n) is 48.5. The third-order valence-electron chi connectivity index (χ3n) is 25.8. The van der Waals surface area contributed by atoms with Crippen LogP contribution >= 0.6 is 46.2 Å². The van der Waals surface area contributed by atoms with Gasteiger partial charge in [0.2, 0.25) is 0 Å². The van der Waals surface area contributed by atoms with Crippen molar-refractivity contribution in [1.82, 2.24) is 75.1 Å². The maximum absolute atomic E-state index is 13.5. The number of hydrogen-bond acceptors (Lipinski definition) is 25.